The zero-order chi connectivity index (χ0) is 17.7. The summed E-state index contributed by atoms with van der Waals surface area (Å²) in [6.07, 6.45) is 5.59. The van der Waals surface area contributed by atoms with E-state index in [0.717, 1.165) is 29.2 Å². The van der Waals surface area contributed by atoms with E-state index < -0.39 is 19.4 Å². The number of hydrogen-bond donors (Lipinski definition) is 1. The third-order valence-corrected chi connectivity index (χ3v) is 6.39. The molecule has 0 saturated heterocycles. The Bertz CT molecular complexity index is 695. The highest BCUT2D eigenvalue weighted by molar-refractivity contribution is 7.89. The van der Waals surface area contributed by atoms with E-state index in [4.69, 9.17) is 9.88 Å². The third kappa shape index (κ3) is 5.75. The molecular weight excluding hydrogens is 338 g/mol. The molecule has 7 heteroatoms. The summed E-state index contributed by atoms with van der Waals surface area (Å²) in [5, 5.41) is 5.20. The van der Waals surface area contributed by atoms with Gasteiger partial charge in [-0.3, -0.25) is 0 Å². The van der Waals surface area contributed by atoms with E-state index in [9.17, 15) is 4.55 Å². The van der Waals surface area contributed by atoms with Gasteiger partial charge in [-0.15, -0.1) is 0 Å². The van der Waals surface area contributed by atoms with Crippen LogP contribution in [0.5, 0.6) is 0 Å². The van der Waals surface area contributed by atoms with E-state index in [1.54, 1.807) is 0 Å². The molecule has 0 aliphatic carbocycles. The fourth-order valence-corrected chi connectivity index (χ4v) is 3.14. The second-order valence-corrected chi connectivity index (χ2v) is 14.2. The Morgan fingerprint density at radius 1 is 1.42 bits per heavy atom. The van der Waals surface area contributed by atoms with Crippen LogP contribution in [0.2, 0.25) is 25.7 Å². The largest absolute Gasteiger partial charge is 0.598 e. The summed E-state index contributed by atoms with van der Waals surface area (Å²) in [6, 6.07) is 7.23. The molecule has 1 heterocycles. The van der Waals surface area contributed by atoms with E-state index in [1.807, 2.05) is 48.2 Å². The quantitative estimate of drug-likeness (QED) is 0.442. The highest BCUT2D eigenvalue weighted by atomic mass is 32.2. The van der Waals surface area contributed by atoms with Crippen molar-refractivity contribution in [1.82, 2.24) is 9.55 Å². The summed E-state index contributed by atoms with van der Waals surface area (Å²) in [5.41, 5.74) is 2.99. The van der Waals surface area contributed by atoms with Crippen LogP contribution in [0.15, 0.2) is 30.6 Å². The van der Waals surface area contributed by atoms with Gasteiger partial charge in [-0.05, 0) is 36.7 Å². The predicted molar refractivity (Wildman–Crippen MR) is 105 cm³/mol. The van der Waals surface area contributed by atoms with Crippen LogP contribution in [0.3, 0.4) is 0 Å². The Morgan fingerprint density at radius 3 is 2.83 bits per heavy atom. The van der Waals surface area contributed by atoms with Gasteiger partial charge in [0.25, 0.3) is 0 Å². The zero-order valence-corrected chi connectivity index (χ0v) is 16.7. The van der Waals surface area contributed by atoms with Crippen LogP contribution in [-0.2, 0) is 22.8 Å². The topological polar surface area (TPSA) is 76.1 Å². The molecule has 1 aromatic carbocycles. The molecule has 0 aliphatic rings. The Kier molecular flexibility index (Phi) is 6.65. The Morgan fingerprint density at radius 2 is 2.17 bits per heavy atom. The van der Waals surface area contributed by atoms with Crippen LogP contribution in [0.1, 0.15) is 12.5 Å². The lowest BCUT2D eigenvalue weighted by Gasteiger charge is -2.15. The van der Waals surface area contributed by atoms with Crippen LogP contribution < -0.4 is 5.14 Å². The molecule has 1 aromatic heterocycles. The van der Waals surface area contributed by atoms with Gasteiger partial charge in [-0.2, -0.15) is 5.14 Å². The molecule has 5 nitrogen and oxygen atoms in total. The minimum atomic E-state index is -1.34. The number of imidazole rings is 1. The van der Waals surface area contributed by atoms with Crippen molar-refractivity contribution in [3.8, 4) is 0 Å². The highest BCUT2D eigenvalue weighted by Gasteiger charge is 2.12. The molecule has 0 radical (unpaired) electrons. The van der Waals surface area contributed by atoms with E-state index in [2.05, 4.69) is 24.6 Å². The fraction of sp³-hybridized carbons (Fsp3) is 0.471. The Hall–Kier alpha value is -1.12. The van der Waals surface area contributed by atoms with E-state index in [0.29, 0.717) is 6.73 Å². The van der Waals surface area contributed by atoms with Crippen molar-refractivity contribution in [2.24, 2.45) is 5.14 Å². The second kappa shape index (κ2) is 8.31. The third-order valence-electron chi connectivity index (χ3n) is 3.80. The summed E-state index contributed by atoms with van der Waals surface area (Å²) in [6.45, 7) is 10.2. The number of nitrogens with zero attached hydrogens (tertiary/aromatic N) is 2. The minimum Gasteiger partial charge on any atom is -0.598 e. The van der Waals surface area contributed by atoms with Crippen LogP contribution in [0, 0.1) is 0 Å². The van der Waals surface area contributed by atoms with Crippen molar-refractivity contribution >= 4 is 36.5 Å². The van der Waals surface area contributed by atoms with Crippen molar-refractivity contribution in [3.05, 3.63) is 36.2 Å². The van der Waals surface area contributed by atoms with Crippen LogP contribution >= 0.6 is 0 Å². The molecule has 2 N–H and O–H groups in total. The molecule has 2 atom stereocenters. The molecule has 2 rings (SSSR count). The van der Waals surface area contributed by atoms with Crippen molar-refractivity contribution in [2.45, 2.75) is 44.6 Å². The average molecular weight is 366 g/mol. The normalized spacial score (nSPS) is 15.2. The van der Waals surface area contributed by atoms with Gasteiger partial charge in [0, 0.05) is 26.0 Å². The monoisotopic (exact) mass is 365 g/mol. The maximum Gasteiger partial charge on any atom is 0.150 e. The second-order valence-electron chi connectivity index (χ2n) is 7.20. The van der Waals surface area contributed by atoms with Gasteiger partial charge in [0.05, 0.1) is 17.4 Å². The Labute approximate surface area is 148 Å². The van der Waals surface area contributed by atoms with Crippen molar-refractivity contribution in [2.75, 3.05) is 6.61 Å². The van der Waals surface area contributed by atoms with Gasteiger partial charge in [-0.1, -0.05) is 31.8 Å². The average Bonchev–Trinajstić information content (AvgIpc) is 2.90. The molecule has 0 fully saturated rings. The lowest BCUT2D eigenvalue weighted by atomic mass is 10.2. The van der Waals surface area contributed by atoms with Crippen LogP contribution in [0.25, 0.3) is 17.1 Å². The maximum atomic E-state index is 11.2. The van der Waals surface area contributed by atoms with Gasteiger partial charge in [0.15, 0.2) is 5.25 Å². The first-order valence-corrected chi connectivity index (χ1v) is 13.1. The van der Waals surface area contributed by atoms with Gasteiger partial charge < -0.3 is 13.9 Å². The van der Waals surface area contributed by atoms with Gasteiger partial charge in [-0.25, -0.2) is 4.98 Å². The van der Waals surface area contributed by atoms with E-state index in [1.165, 1.54) is 0 Å². The lowest BCUT2D eigenvalue weighted by molar-refractivity contribution is 0.0898. The van der Waals surface area contributed by atoms with Crippen LogP contribution in [-0.4, -0.2) is 34.0 Å². The van der Waals surface area contributed by atoms with Crippen molar-refractivity contribution in [3.63, 3.8) is 0 Å². The standard InChI is InChI=1S/C17H27N3O2SSi/c1-14(23(18)21)5-6-15-7-8-17-16(11-15)19-12-20(17)13-22-9-10-24(2,3)4/h5-8,11-12,14H,9-10,13,18H2,1-4H3. The summed E-state index contributed by atoms with van der Waals surface area (Å²) in [7, 11) is -1.06. The van der Waals surface area contributed by atoms with Crippen LogP contribution in [0.4, 0.5) is 0 Å². The molecule has 132 valence electrons. The highest BCUT2D eigenvalue weighted by Crippen LogP contribution is 2.17. The number of hydrogen-bond acceptors (Lipinski definition) is 4. The van der Waals surface area contributed by atoms with Crippen molar-refractivity contribution in [1.29, 1.82) is 0 Å². The fourth-order valence-electron chi connectivity index (χ4n) is 2.15. The molecule has 0 aliphatic heterocycles. The molecular formula is C17H27N3O2SSi. The molecule has 0 spiro atoms. The first kappa shape index (κ1) is 19.2. The first-order chi connectivity index (χ1) is 11.3. The molecule has 24 heavy (non-hydrogen) atoms. The summed E-state index contributed by atoms with van der Waals surface area (Å²) in [5.74, 6) is 0. The number of benzene rings is 1. The lowest BCUT2D eigenvalue weighted by Crippen LogP contribution is -2.23. The first-order valence-electron chi connectivity index (χ1n) is 8.12. The molecule has 2 aromatic rings. The number of aromatic nitrogens is 2. The number of ether oxygens (including phenoxy) is 1. The van der Waals surface area contributed by atoms with Gasteiger partial charge in [0.1, 0.15) is 6.73 Å². The minimum absolute atomic E-state index is 0.168. The molecule has 2 unspecified atom stereocenters. The number of fused-ring (bicyclic) bond motifs is 1. The van der Waals surface area contributed by atoms with E-state index in [-0.39, 0.29) is 5.25 Å². The number of rotatable bonds is 8. The number of nitrogens with two attached hydrogens (primary N) is 1. The zero-order valence-electron chi connectivity index (χ0n) is 14.9. The van der Waals surface area contributed by atoms with E-state index >= 15 is 0 Å². The predicted octanol–water partition coefficient (Wildman–Crippen LogP) is 3.37. The summed E-state index contributed by atoms with van der Waals surface area (Å²) in [4.78, 5) is 4.44. The molecule has 0 saturated carbocycles. The van der Waals surface area contributed by atoms with Crippen molar-refractivity contribution < 1.29 is 9.29 Å². The van der Waals surface area contributed by atoms with Gasteiger partial charge >= 0.3 is 0 Å². The summed E-state index contributed by atoms with van der Waals surface area (Å²) < 4.78 is 19.0. The Balaban J connectivity index is 2.00. The smallest absolute Gasteiger partial charge is 0.150 e. The SMILES string of the molecule is CC(C=Cc1ccc2c(c1)ncn2COCC[Si](C)(C)C)[S+](N)[O-]. The summed E-state index contributed by atoms with van der Waals surface area (Å²) >= 11 is -1.34. The molecule has 0 bridgehead atoms. The van der Waals surface area contributed by atoms with Gasteiger partial charge in [0.2, 0.25) is 0 Å². The maximum absolute atomic E-state index is 11.2. The molecule has 0 amide bonds.